The Morgan fingerprint density at radius 3 is 3.06 bits per heavy atom. The smallest absolute Gasteiger partial charge is 0.269 e. The van der Waals surface area contributed by atoms with Crippen LogP contribution in [0.2, 0.25) is 5.02 Å². The zero-order chi connectivity index (χ0) is 12.0. The minimum absolute atomic E-state index is 0.227. The van der Waals surface area contributed by atoms with E-state index in [0.29, 0.717) is 27.3 Å². The summed E-state index contributed by atoms with van der Waals surface area (Å²) in [7, 11) is 0. The van der Waals surface area contributed by atoms with Gasteiger partial charge in [0.1, 0.15) is 5.69 Å². The first-order valence-electron chi connectivity index (χ1n) is 5.10. The third-order valence-corrected chi connectivity index (χ3v) is 3.04. The SMILES string of the molecule is Cc1nc2cc3cccnc3c(Cl)c2[nH]c1=O. The van der Waals surface area contributed by atoms with Crippen LogP contribution in [0.5, 0.6) is 0 Å². The fourth-order valence-corrected chi connectivity index (χ4v) is 2.11. The van der Waals surface area contributed by atoms with E-state index in [9.17, 15) is 4.79 Å². The fraction of sp³-hybridized carbons (Fsp3) is 0.0833. The van der Waals surface area contributed by atoms with Crippen LogP contribution < -0.4 is 5.56 Å². The highest BCUT2D eigenvalue weighted by molar-refractivity contribution is 6.39. The summed E-state index contributed by atoms with van der Waals surface area (Å²) in [6.45, 7) is 1.67. The van der Waals surface area contributed by atoms with Gasteiger partial charge in [-0.05, 0) is 19.1 Å². The van der Waals surface area contributed by atoms with Gasteiger partial charge in [-0.2, -0.15) is 0 Å². The molecule has 0 bridgehead atoms. The van der Waals surface area contributed by atoms with Gasteiger partial charge in [0.2, 0.25) is 0 Å². The molecule has 84 valence electrons. The maximum absolute atomic E-state index is 11.5. The summed E-state index contributed by atoms with van der Waals surface area (Å²) in [4.78, 5) is 22.7. The average molecular weight is 246 g/mol. The van der Waals surface area contributed by atoms with Crippen LogP contribution in [0.15, 0.2) is 29.2 Å². The van der Waals surface area contributed by atoms with E-state index in [1.165, 1.54) is 0 Å². The number of nitrogens with one attached hydrogen (secondary N) is 1. The number of benzene rings is 1. The van der Waals surface area contributed by atoms with E-state index in [-0.39, 0.29) is 5.56 Å². The van der Waals surface area contributed by atoms with E-state index < -0.39 is 0 Å². The van der Waals surface area contributed by atoms with Crippen molar-refractivity contribution in [3.63, 3.8) is 0 Å². The van der Waals surface area contributed by atoms with Crippen molar-refractivity contribution < 1.29 is 0 Å². The molecule has 0 saturated heterocycles. The number of hydrogen-bond donors (Lipinski definition) is 1. The molecule has 0 aliphatic rings. The van der Waals surface area contributed by atoms with Crippen LogP contribution in [0.25, 0.3) is 21.9 Å². The molecule has 2 heterocycles. The molecule has 0 atom stereocenters. The summed E-state index contributed by atoms with van der Waals surface area (Å²) in [5, 5.41) is 1.34. The van der Waals surface area contributed by atoms with Crippen LogP contribution in [0.3, 0.4) is 0 Å². The molecule has 2 aromatic heterocycles. The van der Waals surface area contributed by atoms with Crippen LogP contribution in [-0.4, -0.2) is 15.0 Å². The van der Waals surface area contributed by atoms with Crippen molar-refractivity contribution >= 4 is 33.5 Å². The van der Waals surface area contributed by atoms with Crippen molar-refractivity contribution in [1.29, 1.82) is 0 Å². The van der Waals surface area contributed by atoms with Gasteiger partial charge in [0.25, 0.3) is 5.56 Å². The van der Waals surface area contributed by atoms with Crippen molar-refractivity contribution in [3.05, 3.63) is 45.5 Å². The number of aryl methyl sites for hydroxylation is 1. The van der Waals surface area contributed by atoms with Gasteiger partial charge >= 0.3 is 0 Å². The van der Waals surface area contributed by atoms with Gasteiger partial charge < -0.3 is 4.98 Å². The number of rotatable bonds is 0. The quantitative estimate of drug-likeness (QED) is 0.619. The van der Waals surface area contributed by atoms with E-state index in [1.807, 2.05) is 18.2 Å². The topological polar surface area (TPSA) is 58.6 Å². The van der Waals surface area contributed by atoms with Crippen molar-refractivity contribution in [2.75, 3.05) is 0 Å². The lowest BCUT2D eigenvalue weighted by molar-refractivity contribution is 1.12. The first kappa shape index (κ1) is 10.2. The van der Waals surface area contributed by atoms with Crippen molar-refractivity contribution in [2.45, 2.75) is 6.92 Å². The molecule has 1 N–H and O–H groups in total. The lowest BCUT2D eigenvalue weighted by Gasteiger charge is -2.04. The molecule has 0 unspecified atom stereocenters. The molecule has 4 nitrogen and oxygen atoms in total. The van der Waals surface area contributed by atoms with Gasteiger partial charge in [0, 0.05) is 11.6 Å². The minimum Gasteiger partial charge on any atom is -0.318 e. The lowest BCUT2D eigenvalue weighted by atomic mass is 10.2. The van der Waals surface area contributed by atoms with Crippen LogP contribution in [0.4, 0.5) is 0 Å². The van der Waals surface area contributed by atoms with Gasteiger partial charge in [0.15, 0.2) is 0 Å². The summed E-state index contributed by atoms with van der Waals surface area (Å²) in [6, 6.07) is 5.62. The molecule has 0 fully saturated rings. The molecule has 0 amide bonds. The van der Waals surface area contributed by atoms with Gasteiger partial charge in [-0.1, -0.05) is 17.7 Å². The van der Waals surface area contributed by atoms with E-state index in [2.05, 4.69) is 15.0 Å². The van der Waals surface area contributed by atoms with Crippen molar-refractivity contribution in [1.82, 2.24) is 15.0 Å². The Morgan fingerprint density at radius 2 is 2.24 bits per heavy atom. The fourth-order valence-electron chi connectivity index (χ4n) is 1.81. The van der Waals surface area contributed by atoms with E-state index >= 15 is 0 Å². The second-order valence-corrected chi connectivity index (χ2v) is 4.19. The zero-order valence-corrected chi connectivity index (χ0v) is 9.75. The van der Waals surface area contributed by atoms with Gasteiger partial charge in [-0.25, -0.2) is 4.98 Å². The number of aromatic nitrogens is 3. The Bertz CT molecular complexity index is 795. The minimum atomic E-state index is -0.227. The molecule has 3 aromatic rings. The van der Waals surface area contributed by atoms with Crippen molar-refractivity contribution in [2.24, 2.45) is 0 Å². The Kier molecular flexibility index (Phi) is 2.12. The number of aromatic amines is 1. The molecule has 0 saturated carbocycles. The number of halogens is 1. The standard InChI is InChI=1S/C12H8ClN3O/c1-6-12(17)16-11-8(15-6)5-7-3-2-4-14-10(7)9(11)13/h2-5H,1H3,(H,16,17). The zero-order valence-electron chi connectivity index (χ0n) is 8.99. The Balaban J connectivity index is 2.59. The molecule has 0 aliphatic heterocycles. The first-order chi connectivity index (χ1) is 8.16. The summed E-state index contributed by atoms with van der Waals surface area (Å²) >= 11 is 6.23. The summed E-state index contributed by atoms with van der Waals surface area (Å²) < 4.78 is 0. The maximum atomic E-state index is 11.5. The third kappa shape index (κ3) is 1.49. The van der Waals surface area contributed by atoms with E-state index in [4.69, 9.17) is 11.6 Å². The van der Waals surface area contributed by atoms with Gasteiger partial charge in [0.05, 0.1) is 21.6 Å². The molecule has 3 rings (SSSR count). The van der Waals surface area contributed by atoms with Crippen LogP contribution in [0.1, 0.15) is 5.69 Å². The molecule has 0 spiro atoms. The lowest BCUT2D eigenvalue weighted by Crippen LogP contribution is -2.11. The summed E-state index contributed by atoms with van der Waals surface area (Å²) in [5.74, 6) is 0. The average Bonchev–Trinajstić information content (AvgIpc) is 2.32. The predicted octanol–water partition coefficient (Wildman–Crippen LogP) is 2.43. The predicted molar refractivity (Wildman–Crippen MR) is 67.4 cm³/mol. The first-order valence-corrected chi connectivity index (χ1v) is 5.48. The highest BCUT2D eigenvalue weighted by atomic mass is 35.5. The maximum Gasteiger partial charge on any atom is 0.269 e. The second-order valence-electron chi connectivity index (χ2n) is 3.81. The second kappa shape index (κ2) is 3.53. The number of pyridine rings is 1. The molecular formula is C12H8ClN3O. The highest BCUT2D eigenvalue weighted by Gasteiger charge is 2.09. The normalized spacial score (nSPS) is 11.2. The molecule has 0 radical (unpaired) electrons. The summed E-state index contributed by atoms with van der Waals surface area (Å²) in [5.41, 5.74) is 2.08. The largest absolute Gasteiger partial charge is 0.318 e. The monoisotopic (exact) mass is 245 g/mol. The number of fused-ring (bicyclic) bond motifs is 2. The Hall–Kier alpha value is -1.94. The van der Waals surface area contributed by atoms with Crippen molar-refractivity contribution in [3.8, 4) is 0 Å². The van der Waals surface area contributed by atoms with Gasteiger partial charge in [-0.3, -0.25) is 9.78 Å². The van der Waals surface area contributed by atoms with Crippen LogP contribution in [0, 0.1) is 6.92 Å². The van der Waals surface area contributed by atoms with Gasteiger partial charge in [-0.15, -0.1) is 0 Å². The van der Waals surface area contributed by atoms with E-state index in [0.717, 1.165) is 5.39 Å². The highest BCUT2D eigenvalue weighted by Crippen LogP contribution is 2.27. The Labute approximate surface area is 101 Å². The molecule has 17 heavy (non-hydrogen) atoms. The Morgan fingerprint density at radius 1 is 1.41 bits per heavy atom. The summed E-state index contributed by atoms with van der Waals surface area (Å²) in [6.07, 6.45) is 1.67. The molecule has 5 heteroatoms. The van der Waals surface area contributed by atoms with Crippen LogP contribution >= 0.6 is 11.6 Å². The van der Waals surface area contributed by atoms with E-state index in [1.54, 1.807) is 13.1 Å². The number of hydrogen-bond acceptors (Lipinski definition) is 3. The molecular weight excluding hydrogens is 238 g/mol. The number of H-pyrrole nitrogens is 1. The number of nitrogens with zero attached hydrogens (tertiary/aromatic N) is 2. The molecule has 0 aliphatic carbocycles. The molecule has 1 aromatic carbocycles. The third-order valence-electron chi connectivity index (χ3n) is 2.67. The van der Waals surface area contributed by atoms with Crippen LogP contribution in [-0.2, 0) is 0 Å².